The van der Waals surface area contributed by atoms with Crippen LogP contribution in [0.1, 0.15) is 0 Å². The molecule has 0 spiro atoms. The second kappa shape index (κ2) is 4.00. The molecule has 0 atom stereocenters. The molecular weight excluding hydrogens is 228 g/mol. The first-order valence-corrected chi connectivity index (χ1v) is 6.45. The van der Waals surface area contributed by atoms with Crippen molar-refractivity contribution in [1.29, 1.82) is 0 Å². The standard InChI is InChI=1S/C9H14N4O2S/c1-13(7-4-11-5-7)9-3-2-8(6-12-9)16(10,14)15/h2-3,6-7,11H,4-5H2,1H3,(H2,10,14,15). The van der Waals surface area contributed by atoms with Crippen LogP contribution in [0.25, 0.3) is 0 Å². The van der Waals surface area contributed by atoms with Crippen LogP contribution < -0.4 is 15.4 Å². The summed E-state index contributed by atoms with van der Waals surface area (Å²) in [5, 5.41) is 8.15. The lowest BCUT2D eigenvalue weighted by Crippen LogP contribution is -2.56. The number of nitrogens with one attached hydrogen (secondary N) is 1. The summed E-state index contributed by atoms with van der Waals surface area (Å²) in [7, 11) is -1.72. The summed E-state index contributed by atoms with van der Waals surface area (Å²) in [4.78, 5) is 6.14. The number of nitrogens with two attached hydrogens (primary N) is 1. The van der Waals surface area contributed by atoms with Gasteiger partial charge in [-0.15, -0.1) is 0 Å². The Hall–Kier alpha value is -1.18. The largest absolute Gasteiger partial charge is 0.354 e. The van der Waals surface area contributed by atoms with Crippen molar-refractivity contribution in [3.63, 3.8) is 0 Å². The predicted octanol–water partition coefficient (Wildman–Crippen LogP) is -0.863. The Morgan fingerprint density at radius 3 is 2.56 bits per heavy atom. The fourth-order valence-corrected chi connectivity index (χ4v) is 1.94. The Morgan fingerprint density at radius 2 is 2.19 bits per heavy atom. The number of rotatable bonds is 3. The summed E-state index contributed by atoms with van der Waals surface area (Å²) >= 11 is 0. The van der Waals surface area contributed by atoms with E-state index in [1.807, 2.05) is 11.9 Å². The van der Waals surface area contributed by atoms with E-state index in [4.69, 9.17) is 5.14 Å². The number of pyridine rings is 1. The molecule has 1 aromatic heterocycles. The van der Waals surface area contributed by atoms with Gasteiger partial charge >= 0.3 is 0 Å². The van der Waals surface area contributed by atoms with Gasteiger partial charge in [0.25, 0.3) is 0 Å². The maximum absolute atomic E-state index is 11.0. The van der Waals surface area contributed by atoms with E-state index in [1.54, 1.807) is 6.07 Å². The minimum Gasteiger partial charge on any atom is -0.354 e. The SMILES string of the molecule is CN(c1ccc(S(N)(=O)=O)cn1)C1CNC1. The van der Waals surface area contributed by atoms with Gasteiger partial charge in [0.05, 0.1) is 6.04 Å². The molecule has 88 valence electrons. The number of hydrogen-bond acceptors (Lipinski definition) is 5. The first kappa shape index (κ1) is 11.3. The van der Waals surface area contributed by atoms with Crippen molar-refractivity contribution in [2.24, 2.45) is 5.14 Å². The summed E-state index contributed by atoms with van der Waals surface area (Å²) in [5.74, 6) is 0.749. The molecular formula is C9H14N4O2S. The first-order chi connectivity index (χ1) is 7.48. The molecule has 1 fully saturated rings. The van der Waals surface area contributed by atoms with E-state index >= 15 is 0 Å². The van der Waals surface area contributed by atoms with Crippen LogP contribution in [0.4, 0.5) is 5.82 Å². The number of primary sulfonamides is 1. The zero-order valence-electron chi connectivity index (χ0n) is 8.92. The van der Waals surface area contributed by atoms with Crippen LogP contribution in [0.2, 0.25) is 0 Å². The molecule has 0 radical (unpaired) electrons. The number of likely N-dealkylation sites (N-methyl/N-ethyl adjacent to an activating group) is 1. The number of anilines is 1. The van der Waals surface area contributed by atoms with Gasteiger partial charge in [0.1, 0.15) is 10.7 Å². The molecule has 1 aliphatic rings. The lowest BCUT2D eigenvalue weighted by atomic mass is 10.1. The minimum atomic E-state index is -3.65. The third kappa shape index (κ3) is 2.16. The predicted molar refractivity (Wildman–Crippen MR) is 60.7 cm³/mol. The number of sulfonamides is 1. The molecule has 0 bridgehead atoms. The third-order valence-electron chi connectivity index (χ3n) is 2.72. The summed E-state index contributed by atoms with van der Waals surface area (Å²) in [6.07, 6.45) is 1.28. The van der Waals surface area contributed by atoms with Gasteiger partial charge in [-0.25, -0.2) is 18.5 Å². The highest BCUT2D eigenvalue weighted by molar-refractivity contribution is 7.89. The van der Waals surface area contributed by atoms with Gasteiger partial charge in [-0.1, -0.05) is 0 Å². The van der Waals surface area contributed by atoms with E-state index in [0.29, 0.717) is 6.04 Å². The maximum atomic E-state index is 11.0. The normalized spacial score (nSPS) is 16.9. The number of hydrogen-bond donors (Lipinski definition) is 2. The highest BCUT2D eigenvalue weighted by Crippen LogP contribution is 2.15. The zero-order valence-corrected chi connectivity index (χ0v) is 9.74. The Balaban J connectivity index is 2.18. The van der Waals surface area contributed by atoms with Crippen LogP contribution in [-0.2, 0) is 10.0 Å². The zero-order chi connectivity index (χ0) is 11.8. The van der Waals surface area contributed by atoms with Crippen LogP contribution in [0, 0.1) is 0 Å². The van der Waals surface area contributed by atoms with Crippen molar-refractivity contribution >= 4 is 15.8 Å². The van der Waals surface area contributed by atoms with E-state index in [2.05, 4.69) is 10.3 Å². The van der Waals surface area contributed by atoms with Crippen LogP contribution in [0.5, 0.6) is 0 Å². The summed E-state index contributed by atoms with van der Waals surface area (Å²) in [6, 6.07) is 3.56. The summed E-state index contributed by atoms with van der Waals surface area (Å²) in [5.41, 5.74) is 0. The van der Waals surface area contributed by atoms with E-state index in [9.17, 15) is 8.42 Å². The average molecular weight is 242 g/mol. The molecule has 7 heteroatoms. The van der Waals surface area contributed by atoms with E-state index in [-0.39, 0.29) is 4.90 Å². The van der Waals surface area contributed by atoms with Crippen LogP contribution in [0.3, 0.4) is 0 Å². The topological polar surface area (TPSA) is 88.3 Å². The fourth-order valence-electron chi connectivity index (χ4n) is 1.48. The summed E-state index contributed by atoms with van der Waals surface area (Å²) in [6.45, 7) is 1.85. The molecule has 1 aromatic rings. The quantitative estimate of drug-likeness (QED) is 0.720. The maximum Gasteiger partial charge on any atom is 0.239 e. The number of aromatic nitrogens is 1. The first-order valence-electron chi connectivity index (χ1n) is 4.91. The van der Waals surface area contributed by atoms with Gasteiger partial charge in [0.15, 0.2) is 0 Å². The highest BCUT2D eigenvalue weighted by atomic mass is 32.2. The molecule has 1 saturated heterocycles. The lowest BCUT2D eigenvalue weighted by Gasteiger charge is -2.36. The van der Waals surface area contributed by atoms with Crippen molar-refractivity contribution in [3.8, 4) is 0 Å². The van der Waals surface area contributed by atoms with Gasteiger partial charge in [0.2, 0.25) is 10.0 Å². The van der Waals surface area contributed by atoms with Gasteiger partial charge in [-0.2, -0.15) is 0 Å². The lowest BCUT2D eigenvalue weighted by molar-refractivity contribution is 0.426. The van der Waals surface area contributed by atoms with Crippen LogP contribution in [-0.4, -0.2) is 39.6 Å². The van der Waals surface area contributed by atoms with Crippen molar-refractivity contribution in [3.05, 3.63) is 18.3 Å². The number of nitrogens with zero attached hydrogens (tertiary/aromatic N) is 2. The van der Waals surface area contributed by atoms with E-state index in [0.717, 1.165) is 18.9 Å². The van der Waals surface area contributed by atoms with Gasteiger partial charge in [-0.3, -0.25) is 0 Å². The second-order valence-corrected chi connectivity index (χ2v) is 5.38. The monoisotopic (exact) mass is 242 g/mol. The van der Waals surface area contributed by atoms with Crippen molar-refractivity contribution in [1.82, 2.24) is 10.3 Å². The molecule has 0 saturated carbocycles. The summed E-state index contributed by atoms with van der Waals surface area (Å²) < 4.78 is 22.1. The molecule has 0 amide bonds. The average Bonchev–Trinajstić information content (AvgIpc) is 2.14. The van der Waals surface area contributed by atoms with Crippen molar-refractivity contribution in [2.75, 3.05) is 25.0 Å². The second-order valence-electron chi connectivity index (χ2n) is 3.82. The smallest absolute Gasteiger partial charge is 0.239 e. The molecule has 3 N–H and O–H groups in total. The van der Waals surface area contributed by atoms with Gasteiger partial charge in [0, 0.05) is 26.3 Å². The molecule has 0 aromatic carbocycles. The molecule has 0 aliphatic carbocycles. The fraction of sp³-hybridized carbons (Fsp3) is 0.444. The van der Waals surface area contributed by atoms with E-state index < -0.39 is 10.0 Å². The molecule has 1 aliphatic heterocycles. The Bertz CT molecular complexity index is 467. The Labute approximate surface area is 94.5 Å². The van der Waals surface area contributed by atoms with Crippen molar-refractivity contribution in [2.45, 2.75) is 10.9 Å². The minimum absolute atomic E-state index is 0.0383. The van der Waals surface area contributed by atoms with Crippen LogP contribution >= 0.6 is 0 Å². The van der Waals surface area contributed by atoms with E-state index in [1.165, 1.54) is 12.3 Å². The molecule has 6 nitrogen and oxygen atoms in total. The molecule has 2 rings (SSSR count). The van der Waals surface area contributed by atoms with Crippen molar-refractivity contribution < 1.29 is 8.42 Å². The van der Waals surface area contributed by atoms with Gasteiger partial charge < -0.3 is 10.2 Å². The molecule has 2 heterocycles. The molecule has 0 unspecified atom stereocenters. The Morgan fingerprint density at radius 1 is 1.50 bits per heavy atom. The highest BCUT2D eigenvalue weighted by Gasteiger charge is 2.22. The van der Waals surface area contributed by atoms with Crippen LogP contribution in [0.15, 0.2) is 23.2 Å². The molecule has 16 heavy (non-hydrogen) atoms. The third-order valence-corrected chi connectivity index (χ3v) is 3.62. The van der Waals surface area contributed by atoms with Gasteiger partial charge in [-0.05, 0) is 12.1 Å². The Kier molecular flexibility index (Phi) is 2.83.